The van der Waals surface area contributed by atoms with Crippen LogP contribution in [-0.2, 0) is 11.3 Å². The molecule has 0 atom stereocenters. The lowest BCUT2D eigenvalue weighted by atomic mass is 10.2. The largest absolute Gasteiger partial charge is 0.484 e. The van der Waals surface area contributed by atoms with E-state index in [9.17, 15) is 14.0 Å². The summed E-state index contributed by atoms with van der Waals surface area (Å²) in [7, 11) is 3.31. The number of halogens is 1. The highest BCUT2D eigenvalue weighted by Crippen LogP contribution is 2.16. The van der Waals surface area contributed by atoms with Crippen LogP contribution >= 0.6 is 0 Å². The van der Waals surface area contributed by atoms with Crippen LogP contribution in [0.3, 0.4) is 0 Å². The number of aryl methyl sites for hydroxylation is 1. The van der Waals surface area contributed by atoms with Gasteiger partial charge in [-0.25, -0.2) is 9.18 Å². The van der Waals surface area contributed by atoms with Crippen molar-refractivity contribution in [2.45, 2.75) is 13.5 Å². The number of ether oxygens (including phenoxy) is 1. The van der Waals surface area contributed by atoms with Gasteiger partial charge in [-0.05, 0) is 42.3 Å². The van der Waals surface area contributed by atoms with Gasteiger partial charge in [0, 0.05) is 20.6 Å². The lowest BCUT2D eigenvalue weighted by Gasteiger charge is -2.12. The first-order valence-corrected chi connectivity index (χ1v) is 8.08. The second-order valence-corrected chi connectivity index (χ2v) is 6.02. The van der Waals surface area contributed by atoms with Crippen LogP contribution in [0.1, 0.15) is 11.1 Å². The summed E-state index contributed by atoms with van der Waals surface area (Å²) in [5.41, 5.74) is 1.76. The van der Waals surface area contributed by atoms with Crippen molar-refractivity contribution in [2.75, 3.05) is 26.0 Å². The van der Waals surface area contributed by atoms with E-state index in [0.29, 0.717) is 5.75 Å². The van der Waals surface area contributed by atoms with Gasteiger partial charge in [-0.2, -0.15) is 0 Å². The summed E-state index contributed by atoms with van der Waals surface area (Å²) in [4.78, 5) is 24.9. The van der Waals surface area contributed by atoms with E-state index in [4.69, 9.17) is 4.74 Å². The Kier molecular flexibility index (Phi) is 6.54. The highest BCUT2D eigenvalue weighted by atomic mass is 19.1. The number of anilines is 1. The Labute approximate surface area is 152 Å². The third-order valence-electron chi connectivity index (χ3n) is 3.58. The molecule has 7 heteroatoms. The highest BCUT2D eigenvalue weighted by molar-refractivity contribution is 5.89. The molecule has 6 nitrogen and oxygen atoms in total. The van der Waals surface area contributed by atoms with Crippen molar-refractivity contribution in [3.8, 4) is 5.75 Å². The van der Waals surface area contributed by atoms with Crippen LogP contribution in [0, 0.1) is 12.7 Å². The fraction of sp³-hybridized carbons (Fsp3) is 0.263. The van der Waals surface area contributed by atoms with E-state index in [1.807, 2.05) is 13.0 Å². The first-order chi connectivity index (χ1) is 12.3. The summed E-state index contributed by atoms with van der Waals surface area (Å²) in [6.45, 7) is 1.99. The molecule has 26 heavy (non-hydrogen) atoms. The average Bonchev–Trinajstić information content (AvgIpc) is 2.61. The molecule has 0 saturated heterocycles. The zero-order valence-corrected chi connectivity index (χ0v) is 15.0. The maximum absolute atomic E-state index is 13.7. The van der Waals surface area contributed by atoms with E-state index in [-0.39, 0.29) is 24.7 Å². The summed E-state index contributed by atoms with van der Waals surface area (Å²) in [6, 6.07) is 11.0. The lowest BCUT2D eigenvalue weighted by Crippen LogP contribution is -2.28. The molecular weight excluding hydrogens is 337 g/mol. The number of hydrogen-bond donors (Lipinski definition) is 2. The monoisotopic (exact) mass is 359 g/mol. The summed E-state index contributed by atoms with van der Waals surface area (Å²) < 4.78 is 19.1. The van der Waals surface area contributed by atoms with E-state index in [1.54, 1.807) is 44.4 Å². The molecule has 2 rings (SSSR count). The van der Waals surface area contributed by atoms with Gasteiger partial charge < -0.3 is 20.3 Å². The van der Waals surface area contributed by atoms with Crippen molar-refractivity contribution in [2.24, 2.45) is 0 Å². The number of rotatable bonds is 6. The SMILES string of the molecule is Cc1ccc(F)c(NC(=O)NCc2cccc(OCC(=O)N(C)C)c2)c1. The molecule has 2 N–H and O–H groups in total. The molecule has 138 valence electrons. The molecule has 3 amide bonds. The van der Waals surface area contributed by atoms with Crippen molar-refractivity contribution in [3.63, 3.8) is 0 Å². The number of benzene rings is 2. The van der Waals surface area contributed by atoms with Gasteiger partial charge in [-0.1, -0.05) is 18.2 Å². The molecule has 0 saturated carbocycles. The van der Waals surface area contributed by atoms with E-state index in [1.165, 1.54) is 11.0 Å². The molecule has 0 fully saturated rings. The summed E-state index contributed by atoms with van der Waals surface area (Å²) in [6.07, 6.45) is 0. The van der Waals surface area contributed by atoms with Crippen LogP contribution in [0.2, 0.25) is 0 Å². The van der Waals surface area contributed by atoms with Crippen LogP contribution in [0.25, 0.3) is 0 Å². The molecule has 0 radical (unpaired) electrons. The Morgan fingerprint density at radius 2 is 1.92 bits per heavy atom. The van der Waals surface area contributed by atoms with Crippen molar-refractivity contribution in [1.82, 2.24) is 10.2 Å². The predicted molar refractivity (Wildman–Crippen MR) is 97.6 cm³/mol. The molecule has 0 aliphatic carbocycles. The molecule has 0 spiro atoms. The zero-order valence-electron chi connectivity index (χ0n) is 15.0. The highest BCUT2D eigenvalue weighted by Gasteiger charge is 2.08. The summed E-state index contributed by atoms with van der Waals surface area (Å²) in [5, 5.41) is 5.14. The maximum atomic E-state index is 13.7. The van der Waals surface area contributed by atoms with Gasteiger partial charge in [0.25, 0.3) is 5.91 Å². The summed E-state index contributed by atoms with van der Waals surface area (Å²) >= 11 is 0. The van der Waals surface area contributed by atoms with E-state index in [0.717, 1.165) is 11.1 Å². The number of hydrogen-bond acceptors (Lipinski definition) is 3. The van der Waals surface area contributed by atoms with Crippen LogP contribution in [0.4, 0.5) is 14.9 Å². The Hall–Kier alpha value is -3.09. The predicted octanol–water partition coefficient (Wildman–Crippen LogP) is 2.92. The van der Waals surface area contributed by atoms with Crippen molar-refractivity contribution in [3.05, 3.63) is 59.4 Å². The van der Waals surface area contributed by atoms with E-state index < -0.39 is 11.8 Å². The zero-order chi connectivity index (χ0) is 19.1. The van der Waals surface area contributed by atoms with Crippen LogP contribution in [-0.4, -0.2) is 37.5 Å². The standard InChI is InChI=1S/C19H22FN3O3/c1-13-7-8-16(20)17(9-13)22-19(25)21-11-14-5-4-6-15(10-14)26-12-18(24)23(2)3/h4-10H,11-12H2,1-3H3,(H2,21,22,25). The molecule has 0 bridgehead atoms. The van der Waals surface area contributed by atoms with Crippen molar-refractivity contribution in [1.29, 1.82) is 0 Å². The Balaban J connectivity index is 1.88. The van der Waals surface area contributed by atoms with Gasteiger partial charge in [0.05, 0.1) is 5.69 Å². The lowest BCUT2D eigenvalue weighted by molar-refractivity contribution is -0.130. The van der Waals surface area contributed by atoms with Gasteiger partial charge in [0.15, 0.2) is 6.61 Å². The first-order valence-electron chi connectivity index (χ1n) is 8.08. The number of carbonyl (C=O) groups excluding carboxylic acids is 2. The van der Waals surface area contributed by atoms with Gasteiger partial charge in [-0.15, -0.1) is 0 Å². The molecule has 0 aromatic heterocycles. The fourth-order valence-electron chi connectivity index (χ4n) is 2.10. The van der Waals surface area contributed by atoms with E-state index >= 15 is 0 Å². The van der Waals surface area contributed by atoms with Gasteiger partial charge >= 0.3 is 6.03 Å². The second-order valence-electron chi connectivity index (χ2n) is 6.02. The second kappa shape index (κ2) is 8.84. The Morgan fingerprint density at radius 3 is 2.65 bits per heavy atom. The molecule has 2 aromatic carbocycles. The fourth-order valence-corrected chi connectivity index (χ4v) is 2.10. The first kappa shape index (κ1) is 19.2. The molecule has 2 aromatic rings. The van der Waals surface area contributed by atoms with Crippen LogP contribution in [0.5, 0.6) is 5.75 Å². The van der Waals surface area contributed by atoms with Gasteiger partial charge in [0.1, 0.15) is 11.6 Å². The average molecular weight is 359 g/mol. The quantitative estimate of drug-likeness (QED) is 0.833. The molecule has 0 heterocycles. The minimum atomic E-state index is -0.511. The molecule has 0 aliphatic rings. The normalized spacial score (nSPS) is 10.2. The number of carbonyl (C=O) groups is 2. The van der Waals surface area contributed by atoms with Gasteiger partial charge in [-0.3, -0.25) is 4.79 Å². The minimum absolute atomic E-state index is 0.0585. The third kappa shape index (κ3) is 5.77. The van der Waals surface area contributed by atoms with Crippen LogP contribution in [0.15, 0.2) is 42.5 Å². The topological polar surface area (TPSA) is 70.7 Å². The van der Waals surface area contributed by atoms with Crippen molar-refractivity contribution < 1.29 is 18.7 Å². The Morgan fingerprint density at radius 1 is 1.15 bits per heavy atom. The number of nitrogens with one attached hydrogen (secondary N) is 2. The Bertz CT molecular complexity index is 793. The molecular formula is C19H22FN3O3. The van der Waals surface area contributed by atoms with Crippen LogP contribution < -0.4 is 15.4 Å². The molecule has 0 aliphatic heterocycles. The maximum Gasteiger partial charge on any atom is 0.319 e. The number of urea groups is 1. The minimum Gasteiger partial charge on any atom is -0.484 e. The number of amides is 3. The molecule has 0 unspecified atom stereocenters. The number of nitrogens with zero attached hydrogens (tertiary/aromatic N) is 1. The van der Waals surface area contributed by atoms with E-state index in [2.05, 4.69) is 10.6 Å². The van der Waals surface area contributed by atoms with Crippen molar-refractivity contribution >= 4 is 17.6 Å². The third-order valence-corrected chi connectivity index (χ3v) is 3.58. The smallest absolute Gasteiger partial charge is 0.319 e. The summed E-state index contributed by atoms with van der Waals surface area (Å²) in [5.74, 6) is -0.107. The number of likely N-dealkylation sites (N-methyl/N-ethyl adjacent to an activating group) is 1. The van der Waals surface area contributed by atoms with Gasteiger partial charge in [0.2, 0.25) is 0 Å².